The summed E-state index contributed by atoms with van der Waals surface area (Å²) >= 11 is 0. The van der Waals surface area contributed by atoms with Gasteiger partial charge in [-0.25, -0.2) is 14.6 Å². The number of nitrogens with one attached hydrogen (secondary N) is 2. The Balaban J connectivity index is 1.86. The molecular weight excluding hydrogens is 264 g/mol. The van der Waals surface area contributed by atoms with Crippen molar-refractivity contribution in [3.05, 3.63) is 41.5 Å². The monoisotopic (exact) mass is 276 g/mol. The van der Waals surface area contributed by atoms with Crippen LogP contribution in [-0.4, -0.2) is 27.2 Å². The van der Waals surface area contributed by atoms with Crippen molar-refractivity contribution in [2.45, 2.75) is 13.5 Å². The van der Waals surface area contributed by atoms with Gasteiger partial charge in [0.1, 0.15) is 5.69 Å². The molecule has 2 heterocycles. The van der Waals surface area contributed by atoms with Crippen molar-refractivity contribution >= 4 is 17.7 Å². The number of hydrogen-bond donors (Lipinski definition) is 3. The molecule has 0 aliphatic rings. The summed E-state index contributed by atoms with van der Waals surface area (Å²) < 4.78 is 4.94. The van der Waals surface area contributed by atoms with Crippen LogP contribution in [0.5, 0.6) is 0 Å². The normalized spacial score (nSPS) is 10.1. The van der Waals surface area contributed by atoms with Gasteiger partial charge in [-0.05, 0) is 19.1 Å². The van der Waals surface area contributed by atoms with Gasteiger partial charge in [-0.1, -0.05) is 5.16 Å². The number of rotatable bonds is 4. The number of anilines is 1. The number of carbonyl (C=O) groups is 2. The van der Waals surface area contributed by atoms with Crippen LogP contribution in [0.1, 0.15) is 21.9 Å². The molecule has 0 saturated heterocycles. The molecule has 2 aromatic heterocycles. The van der Waals surface area contributed by atoms with Gasteiger partial charge in [0.2, 0.25) is 0 Å². The van der Waals surface area contributed by atoms with Crippen molar-refractivity contribution in [3.63, 3.8) is 0 Å². The third kappa shape index (κ3) is 3.55. The van der Waals surface area contributed by atoms with E-state index in [1.165, 1.54) is 18.3 Å². The summed E-state index contributed by atoms with van der Waals surface area (Å²) in [7, 11) is 0. The Morgan fingerprint density at radius 3 is 2.75 bits per heavy atom. The minimum Gasteiger partial charge on any atom is -0.477 e. The van der Waals surface area contributed by atoms with Crippen LogP contribution in [0.3, 0.4) is 0 Å². The average molecular weight is 276 g/mol. The molecule has 0 unspecified atom stereocenters. The van der Waals surface area contributed by atoms with Crippen LogP contribution in [0.15, 0.2) is 28.9 Å². The molecule has 0 aliphatic carbocycles. The van der Waals surface area contributed by atoms with Crippen LogP contribution in [0, 0.1) is 6.92 Å². The number of aromatic nitrogens is 2. The molecule has 0 fully saturated rings. The lowest BCUT2D eigenvalue weighted by molar-refractivity contribution is 0.0690. The Kier molecular flexibility index (Phi) is 3.94. The Morgan fingerprint density at radius 1 is 1.40 bits per heavy atom. The van der Waals surface area contributed by atoms with E-state index in [1.807, 2.05) is 0 Å². The van der Waals surface area contributed by atoms with Gasteiger partial charge in [0.15, 0.2) is 5.76 Å². The fourth-order valence-corrected chi connectivity index (χ4v) is 1.44. The lowest BCUT2D eigenvalue weighted by atomic mass is 10.3. The number of carboxylic acids is 1. The van der Waals surface area contributed by atoms with Gasteiger partial charge in [0.25, 0.3) is 0 Å². The highest BCUT2D eigenvalue weighted by Gasteiger charge is 2.07. The van der Waals surface area contributed by atoms with E-state index in [1.54, 1.807) is 13.0 Å². The third-order valence-electron chi connectivity index (χ3n) is 2.34. The van der Waals surface area contributed by atoms with Crippen LogP contribution in [0.2, 0.25) is 0 Å². The third-order valence-corrected chi connectivity index (χ3v) is 2.34. The first-order valence-electron chi connectivity index (χ1n) is 5.71. The first-order chi connectivity index (χ1) is 9.54. The molecule has 8 nitrogen and oxygen atoms in total. The summed E-state index contributed by atoms with van der Waals surface area (Å²) in [6.07, 6.45) is 1.27. The number of carboxylic acid groups (broad SMARTS) is 1. The number of aromatic carboxylic acids is 1. The number of hydrogen-bond acceptors (Lipinski definition) is 5. The van der Waals surface area contributed by atoms with E-state index in [0.717, 1.165) is 5.69 Å². The van der Waals surface area contributed by atoms with Gasteiger partial charge in [-0.2, -0.15) is 0 Å². The van der Waals surface area contributed by atoms with E-state index >= 15 is 0 Å². The summed E-state index contributed by atoms with van der Waals surface area (Å²) in [6.45, 7) is 1.98. The zero-order valence-electron chi connectivity index (χ0n) is 10.6. The molecule has 2 rings (SSSR count). The zero-order chi connectivity index (χ0) is 14.5. The van der Waals surface area contributed by atoms with Gasteiger partial charge in [0, 0.05) is 6.07 Å². The van der Waals surface area contributed by atoms with Crippen molar-refractivity contribution < 1.29 is 19.2 Å². The molecular formula is C12H12N4O4. The lowest BCUT2D eigenvalue weighted by Crippen LogP contribution is -2.28. The average Bonchev–Trinajstić information content (AvgIpc) is 2.83. The maximum absolute atomic E-state index is 11.6. The van der Waals surface area contributed by atoms with Gasteiger partial charge < -0.3 is 20.3 Å². The molecule has 0 bridgehead atoms. The molecule has 0 spiro atoms. The summed E-state index contributed by atoms with van der Waals surface area (Å²) in [5.74, 6) is -0.585. The number of aryl methyl sites for hydroxylation is 1. The maximum atomic E-state index is 11.6. The van der Waals surface area contributed by atoms with Gasteiger partial charge in [-0.15, -0.1) is 0 Å². The predicted octanol–water partition coefficient (Wildman–Crippen LogP) is 1.40. The number of urea groups is 1. The Bertz CT molecular complexity index is 621. The molecule has 0 aliphatic heterocycles. The molecule has 104 valence electrons. The highest BCUT2D eigenvalue weighted by molar-refractivity contribution is 5.90. The molecule has 2 aromatic rings. The van der Waals surface area contributed by atoms with Gasteiger partial charge in [0.05, 0.1) is 24.1 Å². The second-order valence-corrected chi connectivity index (χ2v) is 3.98. The molecule has 2 amide bonds. The molecule has 0 aromatic carbocycles. The van der Waals surface area contributed by atoms with Crippen molar-refractivity contribution in [1.29, 1.82) is 0 Å². The largest absolute Gasteiger partial charge is 0.477 e. The fraction of sp³-hybridized carbons (Fsp3) is 0.167. The topological polar surface area (TPSA) is 117 Å². The zero-order valence-corrected chi connectivity index (χ0v) is 10.6. The summed E-state index contributed by atoms with van der Waals surface area (Å²) in [6, 6.07) is 4.01. The number of nitrogens with zero attached hydrogens (tertiary/aromatic N) is 2. The standard InChI is InChI=1S/C12H12N4O4/c1-7-4-9(20-16-7)6-14-12(19)15-8-2-3-10(11(17)18)13-5-8/h2-5H,6H2,1H3,(H,17,18)(H2,14,15,19). The second-order valence-electron chi connectivity index (χ2n) is 3.98. The molecule has 8 heteroatoms. The van der Waals surface area contributed by atoms with Crippen LogP contribution < -0.4 is 10.6 Å². The van der Waals surface area contributed by atoms with Crippen molar-refractivity contribution in [1.82, 2.24) is 15.5 Å². The van der Waals surface area contributed by atoms with E-state index in [0.29, 0.717) is 11.4 Å². The smallest absolute Gasteiger partial charge is 0.354 e. The van der Waals surface area contributed by atoms with E-state index in [9.17, 15) is 9.59 Å². The Hall–Kier alpha value is -2.90. The van der Waals surface area contributed by atoms with Crippen LogP contribution in [0.4, 0.5) is 10.5 Å². The maximum Gasteiger partial charge on any atom is 0.354 e. The molecule has 0 atom stereocenters. The second kappa shape index (κ2) is 5.83. The molecule has 3 N–H and O–H groups in total. The molecule has 0 saturated carbocycles. The molecule has 0 radical (unpaired) electrons. The van der Waals surface area contributed by atoms with Crippen LogP contribution in [0.25, 0.3) is 0 Å². The highest BCUT2D eigenvalue weighted by Crippen LogP contribution is 2.06. The highest BCUT2D eigenvalue weighted by atomic mass is 16.5. The van der Waals surface area contributed by atoms with E-state index < -0.39 is 12.0 Å². The van der Waals surface area contributed by atoms with Crippen LogP contribution >= 0.6 is 0 Å². The predicted molar refractivity (Wildman–Crippen MR) is 68.3 cm³/mol. The lowest BCUT2D eigenvalue weighted by Gasteiger charge is -2.05. The molecule has 20 heavy (non-hydrogen) atoms. The number of pyridine rings is 1. The summed E-state index contributed by atoms with van der Waals surface area (Å²) in [5.41, 5.74) is 1.03. The summed E-state index contributed by atoms with van der Waals surface area (Å²) in [5, 5.41) is 17.5. The van der Waals surface area contributed by atoms with Crippen molar-refractivity contribution in [3.8, 4) is 0 Å². The van der Waals surface area contributed by atoms with Crippen molar-refractivity contribution in [2.24, 2.45) is 0 Å². The Labute approximate surface area is 113 Å². The van der Waals surface area contributed by atoms with Crippen LogP contribution in [-0.2, 0) is 6.54 Å². The minimum absolute atomic E-state index is 0.0897. The summed E-state index contributed by atoms with van der Waals surface area (Å²) in [4.78, 5) is 25.9. The van der Waals surface area contributed by atoms with Gasteiger partial charge >= 0.3 is 12.0 Å². The SMILES string of the molecule is Cc1cc(CNC(=O)Nc2ccc(C(=O)O)nc2)on1. The minimum atomic E-state index is -1.12. The Morgan fingerprint density at radius 2 is 2.20 bits per heavy atom. The first-order valence-corrected chi connectivity index (χ1v) is 5.71. The first kappa shape index (κ1) is 13.5. The fourth-order valence-electron chi connectivity index (χ4n) is 1.44. The quantitative estimate of drug-likeness (QED) is 0.776. The van der Waals surface area contributed by atoms with E-state index in [2.05, 4.69) is 20.8 Å². The number of carbonyl (C=O) groups excluding carboxylic acids is 1. The van der Waals surface area contributed by atoms with E-state index in [-0.39, 0.29) is 12.2 Å². The van der Waals surface area contributed by atoms with E-state index in [4.69, 9.17) is 9.63 Å². The van der Waals surface area contributed by atoms with Gasteiger partial charge in [-0.3, -0.25) is 0 Å². The number of amides is 2. The van der Waals surface area contributed by atoms with Crippen molar-refractivity contribution in [2.75, 3.05) is 5.32 Å².